The van der Waals surface area contributed by atoms with Crippen molar-refractivity contribution in [2.24, 2.45) is 0 Å². The van der Waals surface area contributed by atoms with Crippen LogP contribution in [-0.2, 0) is 6.18 Å². The van der Waals surface area contributed by atoms with Crippen molar-refractivity contribution in [1.29, 1.82) is 0 Å². The maximum absolute atomic E-state index is 12.9. The van der Waals surface area contributed by atoms with Gasteiger partial charge in [-0.05, 0) is 25.0 Å². The van der Waals surface area contributed by atoms with Gasteiger partial charge in [0.2, 0.25) is 0 Å². The number of carbonyl (C=O) groups is 1. The summed E-state index contributed by atoms with van der Waals surface area (Å²) < 4.78 is 43.8. The minimum absolute atomic E-state index is 0.0841. The third-order valence-electron chi connectivity index (χ3n) is 2.60. The van der Waals surface area contributed by atoms with Crippen LogP contribution in [-0.4, -0.2) is 19.1 Å². The van der Waals surface area contributed by atoms with Gasteiger partial charge in [0.15, 0.2) is 0 Å². The van der Waals surface area contributed by atoms with Crippen LogP contribution in [0.2, 0.25) is 0 Å². The zero-order chi connectivity index (χ0) is 13.3. The van der Waals surface area contributed by atoms with Crippen LogP contribution in [0.3, 0.4) is 0 Å². The predicted molar refractivity (Wildman–Crippen MR) is 58.5 cm³/mol. The molecule has 6 heteroatoms. The van der Waals surface area contributed by atoms with Crippen LogP contribution in [0.4, 0.5) is 13.2 Å². The van der Waals surface area contributed by atoms with E-state index >= 15 is 0 Å². The highest BCUT2D eigenvalue weighted by atomic mass is 19.4. The maximum Gasteiger partial charge on any atom is 0.419 e. The summed E-state index contributed by atoms with van der Waals surface area (Å²) in [6, 6.07) is 3.45. The highest BCUT2D eigenvalue weighted by Crippen LogP contribution is 2.40. The van der Waals surface area contributed by atoms with Crippen LogP contribution >= 0.6 is 0 Å². The van der Waals surface area contributed by atoms with Gasteiger partial charge in [0.05, 0.1) is 17.2 Å². The fourth-order valence-electron chi connectivity index (χ4n) is 1.55. The van der Waals surface area contributed by atoms with E-state index in [1.165, 1.54) is 19.2 Å². The van der Waals surface area contributed by atoms with Crippen molar-refractivity contribution in [3.8, 4) is 5.75 Å². The largest absolute Gasteiger partial charge is 0.489 e. The van der Waals surface area contributed by atoms with Gasteiger partial charge in [0, 0.05) is 7.05 Å². The summed E-state index contributed by atoms with van der Waals surface area (Å²) in [4.78, 5) is 11.6. The number of benzene rings is 1. The van der Waals surface area contributed by atoms with Crippen LogP contribution in [0.25, 0.3) is 0 Å². The lowest BCUT2D eigenvalue weighted by molar-refractivity contribution is -0.139. The molecular weight excluding hydrogens is 247 g/mol. The average molecular weight is 259 g/mol. The van der Waals surface area contributed by atoms with Gasteiger partial charge < -0.3 is 10.1 Å². The molecule has 3 nitrogen and oxygen atoms in total. The molecule has 1 N–H and O–H groups in total. The van der Waals surface area contributed by atoms with Crippen molar-refractivity contribution >= 4 is 5.91 Å². The fourth-order valence-corrected chi connectivity index (χ4v) is 1.55. The maximum atomic E-state index is 12.9. The van der Waals surface area contributed by atoms with E-state index in [4.69, 9.17) is 4.74 Å². The number of ether oxygens (including phenoxy) is 1. The zero-order valence-electron chi connectivity index (χ0n) is 9.67. The van der Waals surface area contributed by atoms with Gasteiger partial charge in [-0.1, -0.05) is 6.07 Å². The second-order valence-corrected chi connectivity index (χ2v) is 4.08. The summed E-state index contributed by atoms with van der Waals surface area (Å²) in [5.41, 5.74) is -0.991. The fraction of sp³-hybridized carbons (Fsp3) is 0.417. The third kappa shape index (κ3) is 2.57. The minimum Gasteiger partial charge on any atom is -0.489 e. The third-order valence-corrected chi connectivity index (χ3v) is 2.60. The summed E-state index contributed by atoms with van der Waals surface area (Å²) in [6.07, 6.45) is -3.30. The first-order valence-electron chi connectivity index (χ1n) is 5.52. The molecular formula is C12H12F3NO2. The van der Waals surface area contributed by atoms with Crippen LogP contribution < -0.4 is 10.1 Å². The molecule has 0 aromatic heterocycles. The number of amides is 1. The molecule has 0 bridgehead atoms. The lowest BCUT2D eigenvalue weighted by atomic mass is 10.1. The van der Waals surface area contributed by atoms with Gasteiger partial charge >= 0.3 is 6.18 Å². The quantitative estimate of drug-likeness (QED) is 0.906. The van der Waals surface area contributed by atoms with Crippen molar-refractivity contribution in [2.45, 2.75) is 25.1 Å². The summed E-state index contributed by atoms with van der Waals surface area (Å²) in [7, 11) is 1.36. The molecule has 1 saturated carbocycles. The summed E-state index contributed by atoms with van der Waals surface area (Å²) in [5, 5.41) is 2.31. The molecule has 1 fully saturated rings. The van der Waals surface area contributed by atoms with E-state index in [1.807, 2.05) is 0 Å². The molecule has 0 atom stereocenters. The zero-order valence-corrected chi connectivity index (χ0v) is 9.67. The Morgan fingerprint density at radius 2 is 2.06 bits per heavy atom. The topological polar surface area (TPSA) is 38.3 Å². The molecule has 1 aromatic rings. The SMILES string of the molecule is CNC(=O)c1cccc(C(F)(F)F)c1OC1CC1. The molecule has 0 radical (unpaired) electrons. The number of carbonyl (C=O) groups excluding carboxylic acids is 1. The second-order valence-electron chi connectivity index (χ2n) is 4.08. The van der Waals surface area contributed by atoms with Crippen molar-refractivity contribution in [2.75, 3.05) is 7.05 Å². The number of hydrogen-bond acceptors (Lipinski definition) is 2. The summed E-state index contributed by atoms with van der Waals surface area (Å²) in [5.74, 6) is -0.955. The van der Waals surface area contributed by atoms with Gasteiger partial charge in [0.1, 0.15) is 5.75 Å². The summed E-state index contributed by atoms with van der Waals surface area (Å²) >= 11 is 0. The Morgan fingerprint density at radius 3 is 2.56 bits per heavy atom. The summed E-state index contributed by atoms with van der Waals surface area (Å²) in [6.45, 7) is 0. The Hall–Kier alpha value is -1.72. The van der Waals surface area contributed by atoms with Gasteiger partial charge in [0.25, 0.3) is 5.91 Å². The van der Waals surface area contributed by atoms with Crippen LogP contribution in [0.15, 0.2) is 18.2 Å². The van der Waals surface area contributed by atoms with E-state index in [0.29, 0.717) is 0 Å². The van der Waals surface area contributed by atoms with E-state index < -0.39 is 17.6 Å². The Morgan fingerprint density at radius 1 is 1.39 bits per heavy atom. The molecule has 1 amide bonds. The molecule has 0 aliphatic heterocycles. The smallest absolute Gasteiger partial charge is 0.419 e. The second kappa shape index (κ2) is 4.51. The Balaban J connectivity index is 2.48. The van der Waals surface area contributed by atoms with Crippen molar-refractivity contribution in [3.05, 3.63) is 29.3 Å². The Bertz CT molecular complexity index is 467. The first-order valence-corrected chi connectivity index (χ1v) is 5.52. The van der Waals surface area contributed by atoms with E-state index in [9.17, 15) is 18.0 Å². The molecule has 0 unspecified atom stereocenters. The average Bonchev–Trinajstić information content (AvgIpc) is 3.11. The van der Waals surface area contributed by atoms with Crippen LogP contribution in [0.5, 0.6) is 5.75 Å². The number of para-hydroxylation sites is 1. The monoisotopic (exact) mass is 259 g/mol. The number of halogens is 3. The molecule has 1 aliphatic carbocycles. The van der Waals surface area contributed by atoms with Gasteiger partial charge in [-0.15, -0.1) is 0 Å². The normalized spacial score (nSPS) is 15.3. The molecule has 2 rings (SSSR count). The lowest BCUT2D eigenvalue weighted by Gasteiger charge is -2.16. The molecule has 1 aromatic carbocycles. The van der Waals surface area contributed by atoms with E-state index in [-0.39, 0.29) is 17.4 Å². The first-order chi connectivity index (χ1) is 8.43. The predicted octanol–water partition coefficient (Wildman–Crippen LogP) is 2.61. The van der Waals surface area contributed by atoms with Crippen molar-refractivity contribution in [3.63, 3.8) is 0 Å². The Labute approximate surface area is 102 Å². The van der Waals surface area contributed by atoms with Crippen molar-refractivity contribution < 1.29 is 22.7 Å². The molecule has 0 heterocycles. The van der Waals surface area contributed by atoms with Crippen LogP contribution in [0.1, 0.15) is 28.8 Å². The van der Waals surface area contributed by atoms with Gasteiger partial charge in [-0.3, -0.25) is 4.79 Å². The molecule has 98 valence electrons. The van der Waals surface area contributed by atoms with Crippen LogP contribution in [0, 0.1) is 0 Å². The molecule has 1 aliphatic rings. The number of alkyl halides is 3. The number of hydrogen-bond donors (Lipinski definition) is 1. The lowest BCUT2D eigenvalue weighted by Crippen LogP contribution is -2.21. The first kappa shape index (κ1) is 12.7. The minimum atomic E-state index is -4.53. The van der Waals surface area contributed by atoms with E-state index in [1.54, 1.807) is 0 Å². The molecule has 18 heavy (non-hydrogen) atoms. The van der Waals surface area contributed by atoms with Gasteiger partial charge in [-0.2, -0.15) is 13.2 Å². The highest BCUT2D eigenvalue weighted by molar-refractivity contribution is 5.97. The number of nitrogens with one attached hydrogen (secondary N) is 1. The Kier molecular flexibility index (Phi) is 3.19. The van der Waals surface area contributed by atoms with Crippen molar-refractivity contribution in [1.82, 2.24) is 5.32 Å². The highest BCUT2D eigenvalue weighted by Gasteiger charge is 2.38. The van der Waals surface area contributed by atoms with E-state index in [2.05, 4.69) is 5.32 Å². The molecule has 0 spiro atoms. The van der Waals surface area contributed by atoms with Gasteiger partial charge in [-0.25, -0.2) is 0 Å². The number of rotatable bonds is 3. The standard InChI is InChI=1S/C12H12F3NO2/c1-16-11(17)8-3-2-4-9(12(13,14)15)10(8)18-7-5-6-7/h2-4,7H,5-6H2,1H3,(H,16,17). The molecule has 0 saturated heterocycles. The van der Waals surface area contributed by atoms with E-state index in [0.717, 1.165) is 18.9 Å².